The van der Waals surface area contributed by atoms with Crippen LogP contribution in [0.25, 0.3) is 0 Å². The summed E-state index contributed by atoms with van der Waals surface area (Å²) < 4.78 is 0. The number of allylic oxidation sites excluding steroid dienone is 2. The number of hydrogen-bond donors (Lipinski definition) is 1. The SMILES string of the molecule is C/C(=C\CCC=N)C1CCCCC1. The minimum atomic E-state index is 0.861. The van der Waals surface area contributed by atoms with Crippen molar-refractivity contribution in [3.8, 4) is 0 Å². The van der Waals surface area contributed by atoms with Crippen molar-refractivity contribution in [2.24, 2.45) is 5.92 Å². The summed E-state index contributed by atoms with van der Waals surface area (Å²) >= 11 is 0. The lowest BCUT2D eigenvalue weighted by Crippen LogP contribution is -2.07. The van der Waals surface area contributed by atoms with Crippen LogP contribution in [-0.4, -0.2) is 6.21 Å². The quantitative estimate of drug-likeness (QED) is 0.384. The first-order valence-electron chi connectivity index (χ1n) is 5.50. The van der Waals surface area contributed by atoms with E-state index in [0.29, 0.717) is 0 Å². The molecule has 1 heteroatoms. The average molecular weight is 179 g/mol. The van der Waals surface area contributed by atoms with Crippen molar-refractivity contribution in [2.45, 2.75) is 51.9 Å². The van der Waals surface area contributed by atoms with Gasteiger partial charge in [-0.05, 0) is 44.7 Å². The molecule has 0 spiro atoms. The van der Waals surface area contributed by atoms with Crippen molar-refractivity contribution in [2.75, 3.05) is 0 Å². The first-order chi connectivity index (χ1) is 6.34. The molecule has 0 atom stereocenters. The van der Waals surface area contributed by atoms with E-state index in [1.807, 2.05) is 0 Å². The molecule has 0 amide bonds. The van der Waals surface area contributed by atoms with Gasteiger partial charge >= 0.3 is 0 Å². The van der Waals surface area contributed by atoms with Crippen LogP contribution in [0.4, 0.5) is 0 Å². The van der Waals surface area contributed by atoms with Gasteiger partial charge in [0.1, 0.15) is 0 Å². The number of rotatable bonds is 4. The van der Waals surface area contributed by atoms with Crippen molar-refractivity contribution in [3.63, 3.8) is 0 Å². The number of hydrogen-bond acceptors (Lipinski definition) is 1. The van der Waals surface area contributed by atoms with Gasteiger partial charge in [0, 0.05) is 0 Å². The van der Waals surface area contributed by atoms with Crippen molar-refractivity contribution in [1.29, 1.82) is 5.41 Å². The Hall–Kier alpha value is -0.590. The summed E-state index contributed by atoms with van der Waals surface area (Å²) in [6, 6.07) is 0. The first kappa shape index (κ1) is 10.5. The molecule has 0 heterocycles. The number of unbranched alkanes of at least 4 members (excludes halogenated alkanes) is 1. The zero-order valence-corrected chi connectivity index (χ0v) is 8.68. The normalized spacial score (nSPS) is 20.2. The fourth-order valence-corrected chi connectivity index (χ4v) is 2.12. The summed E-state index contributed by atoms with van der Waals surface area (Å²) in [5.74, 6) is 0.861. The molecule has 1 aliphatic carbocycles. The van der Waals surface area contributed by atoms with E-state index in [4.69, 9.17) is 5.41 Å². The minimum Gasteiger partial charge on any atom is -0.313 e. The second-order valence-electron chi connectivity index (χ2n) is 4.06. The first-order valence-corrected chi connectivity index (χ1v) is 5.50. The van der Waals surface area contributed by atoms with Crippen molar-refractivity contribution in [1.82, 2.24) is 0 Å². The highest BCUT2D eigenvalue weighted by Crippen LogP contribution is 2.29. The van der Waals surface area contributed by atoms with Gasteiger partial charge in [0.15, 0.2) is 0 Å². The van der Waals surface area contributed by atoms with Crippen LogP contribution in [0.3, 0.4) is 0 Å². The fraction of sp³-hybridized carbons (Fsp3) is 0.750. The Morgan fingerprint density at radius 3 is 2.54 bits per heavy atom. The topological polar surface area (TPSA) is 23.9 Å². The van der Waals surface area contributed by atoms with Crippen molar-refractivity contribution < 1.29 is 0 Å². The average Bonchev–Trinajstić information content (AvgIpc) is 2.19. The van der Waals surface area contributed by atoms with E-state index < -0.39 is 0 Å². The van der Waals surface area contributed by atoms with E-state index >= 15 is 0 Å². The highest BCUT2D eigenvalue weighted by molar-refractivity contribution is 5.52. The molecule has 1 fully saturated rings. The maximum absolute atomic E-state index is 6.94. The molecule has 0 unspecified atom stereocenters. The molecule has 1 saturated carbocycles. The van der Waals surface area contributed by atoms with Crippen LogP contribution < -0.4 is 0 Å². The molecular formula is C12H21N. The third-order valence-corrected chi connectivity index (χ3v) is 3.03. The van der Waals surface area contributed by atoms with Gasteiger partial charge in [0.05, 0.1) is 0 Å². The van der Waals surface area contributed by atoms with Gasteiger partial charge in [0.25, 0.3) is 0 Å². The van der Waals surface area contributed by atoms with E-state index in [0.717, 1.165) is 18.8 Å². The lowest BCUT2D eigenvalue weighted by Gasteiger charge is -2.22. The summed E-state index contributed by atoms with van der Waals surface area (Å²) in [4.78, 5) is 0. The van der Waals surface area contributed by atoms with Crippen LogP contribution in [0.5, 0.6) is 0 Å². The van der Waals surface area contributed by atoms with Gasteiger partial charge in [0.2, 0.25) is 0 Å². The van der Waals surface area contributed by atoms with Crippen molar-refractivity contribution in [3.05, 3.63) is 11.6 Å². The summed E-state index contributed by atoms with van der Waals surface area (Å²) in [6.45, 7) is 2.26. The van der Waals surface area contributed by atoms with Crippen LogP contribution in [0.15, 0.2) is 11.6 Å². The Morgan fingerprint density at radius 2 is 1.92 bits per heavy atom. The molecule has 13 heavy (non-hydrogen) atoms. The standard InChI is InChI=1S/C12H21N/c1-11(7-5-6-10-13)12-8-3-2-4-9-12/h7,10,12-13H,2-6,8-9H2,1H3/b11-7+,13-10?. The summed E-state index contributed by atoms with van der Waals surface area (Å²) in [5.41, 5.74) is 1.57. The lowest BCUT2D eigenvalue weighted by atomic mass is 9.84. The van der Waals surface area contributed by atoms with Crippen LogP contribution in [0, 0.1) is 11.3 Å². The molecule has 0 aromatic rings. The highest BCUT2D eigenvalue weighted by Gasteiger charge is 2.13. The van der Waals surface area contributed by atoms with Crippen molar-refractivity contribution >= 4 is 6.21 Å². The molecule has 1 N–H and O–H groups in total. The third kappa shape index (κ3) is 3.75. The predicted molar refractivity (Wildman–Crippen MR) is 58.3 cm³/mol. The van der Waals surface area contributed by atoms with Gasteiger partial charge in [-0.15, -0.1) is 0 Å². The molecular weight excluding hydrogens is 158 g/mol. The molecule has 1 aliphatic rings. The molecule has 1 rings (SSSR count). The van der Waals surface area contributed by atoms with E-state index in [9.17, 15) is 0 Å². The molecule has 74 valence electrons. The largest absolute Gasteiger partial charge is 0.313 e. The molecule has 0 saturated heterocycles. The molecule has 0 bridgehead atoms. The maximum atomic E-state index is 6.94. The molecule has 1 nitrogen and oxygen atoms in total. The Labute approximate surface area is 81.7 Å². The van der Waals surface area contributed by atoms with Gasteiger partial charge in [-0.25, -0.2) is 0 Å². The van der Waals surface area contributed by atoms with Crippen LogP contribution in [0.2, 0.25) is 0 Å². The van der Waals surface area contributed by atoms with E-state index in [-0.39, 0.29) is 0 Å². The lowest BCUT2D eigenvalue weighted by molar-refractivity contribution is 0.402. The van der Waals surface area contributed by atoms with E-state index in [2.05, 4.69) is 13.0 Å². The van der Waals surface area contributed by atoms with Crippen LogP contribution >= 0.6 is 0 Å². The maximum Gasteiger partial charge on any atom is -0.00447 e. The second-order valence-corrected chi connectivity index (χ2v) is 4.06. The molecule has 0 aliphatic heterocycles. The van der Waals surface area contributed by atoms with E-state index in [1.165, 1.54) is 38.3 Å². The monoisotopic (exact) mass is 179 g/mol. The van der Waals surface area contributed by atoms with Gasteiger partial charge in [-0.2, -0.15) is 0 Å². The Morgan fingerprint density at radius 1 is 1.23 bits per heavy atom. The summed E-state index contributed by atoms with van der Waals surface area (Å²) in [5, 5.41) is 6.94. The third-order valence-electron chi connectivity index (χ3n) is 3.03. The van der Waals surface area contributed by atoms with Gasteiger partial charge < -0.3 is 5.41 Å². The van der Waals surface area contributed by atoms with Gasteiger partial charge in [-0.1, -0.05) is 30.9 Å². The van der Waals surface area contributed by atoms with Crippen LogP contribution in [0.1, 0.15) is 51.9 Å². The Kier molecular flexibility index (Phi) is 4.81. The number of nitrogens with one attached hydrogen (secondary N) is 1. The molecule has 0 aromatic carbocycles. The molecule has 0 radical (unpaired) electrons. The zero-order valence-electron chi connectivity index (χ0n) is 8.68. The van der Waals surface area contributed by atoms with Gasteiger partial charge in [-0.3, -0.25) is 0 Å². The minimum absolute atomic E-state index is 0.861. The molecule has 0 aromatic heterocycles. The highest BCUT2D eigenvalue weighted by atomic mass is 14.3. The summed E-state index contributed by atoms with van der Waals surface area (Å²) in [7, 11) is 0. The Balaban J connectivity index is 2.30. The Bertz CT molecular complexity index is 176. The van der Waals surface area contributed by atoms with E-state index in [1.54, 1.807) is 5.57 Å². The predicted octanol–water partition coefficient (Wildman–Crippen LogP) is 3.94. The zero-order chi connectivity index (χ0) is 9.52. The smallest absolute Gasteiger partial charge is 0.00447 e. The fourth-order valence-electron chi connectivity index (χ4n) is 2.12. The van der Waals surface area contributed by atoms with Crippen LogP contribution in [-0.2, 0) is 0 Å². The summed E-state index contributed by atoms with van der Waals surface area (Å²) in [6.07, 6.45) is 12.9. The second kappa shape index (κ2) is 5.95.